The molecular weight excluding hydrogens is 343 g/mol. The number of carbonyl (C=O) groups is 2. The second kappa shape index (κ2) is 6.73. The lowest BCUT2D eigenvalue weighted by molar-refractivity contribution is 0.0598. The Bertz CT molecular complexity index is 837. The minimum Gasteiger partial charge on any atom is -0.465 e. The molecule has 23 heavy (non-hydrogen) atoms. The Morgan fingerprint density at radius 2 is 2.00 bits per heavy atom. The molecule has 0 radical (unpaired) electrons. The van der Waals surface area contributed by atoms with Crippen molar-refractivity contribution in [2.24, 2.45) is 0 Å². The van der Waals surface area contributed by atoms with Crippen molar-refractivity contribution in [3.8, 4) is 6.07 Å². The molecule has 0 spiro atoms. The number of carbonyl (C=O) groups excluding carboxylic acids is 2. The van der Waals surface area contributed by atoms with E-state index in [1.165, 1.54) is 32.2 Å². The van der Waals surface area contributed by atoms with Crippen molar-refractivity contribution in [3.05, 3.63) is 50.7 Å². The minimum atomic E-state index is -0.724. The second-order valence-corrected chi connectivity index (χ2v) is 5.24. The second-order valence-electron chi connectivity index (χ2n) is 4.42. The number of hydrogen-bond donors (Lipinski definition) is 1. The van der Waals surface area contributed by atoms with Gasteiger partial charge in [-0.25, -0.2) is 4.79 Å². The van der Waals surface area contributed by atoms with Gasteiger partial charge in [-0.15, -0.1) is 0 Å². The lowest BCUT2D eigenvalue weighted by Gasteiger charge is -2.04. The molecule has 8 heteroatoms. The highest BCUT2D eigenvalue weighted by Gasteiger charge is 2.25. The number of aryl methyl sites for hydroxylation is 1. The van der Waals surface area contributed by atoms with Gasteiger partial charge in [0, 0.05) is 5.56 Å². The highest BCUT2D eigenvalue weighted by molar-refractivity contribution is 6.42. The van der Waals surface area contributed by atoms with E-state index >= 15 is 0 Å². The van der Waals surface area contributed by atoms with Gasteiger partial charge in [0.25, 0.3) is 5.91 Å². The third-order valence-corrected chi connectivity index (χ3v) is 3.73. The van der Waals surface area contributed by atoms with E-state index in [0.29, 0.717) is 5.02 Å². The molecule has 0 saturated carbocycles. The topological polar surface area (TPSA) is 92.3 Å². The fraction of sp³-hybridized carbons (Fsp3) is 0.133. The van der Waals surface area contributed by atoms with Gasteiger partial charge in [0.15, 0.2) is 0 Å². The van der Waals surface area contributed by atoms with Crippen LogP contribution in [0.5, 0.6) is 0 Å². The summed E-state index contributed by atoms with van der Waals surface area (Å²) in [6.07, 6.45) is 0. The van der Waals surface area contributed by atoms with Gasteiger partial charge < -0.3 is 9.15 Å². The maximum Gasteiger partial charge on any atom is 0.342 e. The molecule has 6 nitrogen and oxygen atoms in total. The summed E-state index contributed by atoms with van der Waals surface area (Å²) >= 11 is 11.7. The average molecular weight is 353 g/mol. The van der Waals surface area contributed by atoms with Crippen LogP contribution in [0.15, 0.2) is 22.6 Å². The maximum atomic E-state index is 12.2. The summed E-state index contributed by atoms with van der Waals surface area (Å²) in [7, 11) is 1.18. The number of anilines is 1. The number of esters is 1. The smallest absolute Gasteiger partial charge is 0.342 e. The number of halogens is 2. The third kappa shape index (κ3) is 3.31. The highest BCUT2D eigenvalue weighted by Crippen LogP contribution is 2.28. The fourth-order valence-corrected chi connectivity index (χ4v) is 2.20. The molecule has 1 N–H and O–H groups in total. The summed E-state index contributed by atoms with van der Waals surface area (Å²) in [5, 5.41) is 12.2. The number of nitriles is 1. The Kier molecular flexibility index (Phi) is 4.94. The molecule has 1 amide bonds. The lowest BCUT2D eigenvalue weighted by Crippen LogP contribution is -2.12. The van der Waals surface area contributed by atoms with Gasteiger partial charge in [0.05, 0.1) is 17.2 Å². The molecular formula is C15H10Cl2N2O4. The maximum absolute atomic E-state index is 12.2. The molecule has 0 atom stereocenters. The normalized spacial score (nSPS) is 10.0. The van der Waals surface area contributed by atoms with Crippen molar-refractivity contribution in [2.75, 3.05) is 12.4 Å². The van der Waals surface area contributed by atoms with Crippen LogP contribution in [-0.4, -0.2) is 19.0 Å². The van der Waals surface area contributed by atoms with E-state index in [0.717, 1.165) is 0 Å². The molecule has 0 bridgehead atoms. The monoisotopic (exact) mass is 352 g/mol. The summed E-state index contributed by atoms with van der Waals surface area (Å²) < 4.78 is 9.89. The Morgan fingerprint density at radius 3 is 2.57 bits per heavy atom. The van der Waals surface area contributed by atoms with E-state index in [2.05, 4.69) is 10.1 Å². The van der Waals surface area contributed by atoms with Gasteiger partial charge in [-0.2, -0.15) is 5.26 Å². The van der Waals surface area contributed by atoms with Gasteiger partial charge in [0.2, 0.25) is 5.88 Å². The Morgan fingerprint density at radius 1 is 1.30 bits per heavy atom. The number of amides is 1. The molecule has 0 fully saturated rings. The molecule has 0 aliphatic carbocycles. The predicted octanol–water partition coefficient (Wildman–Crippen LogP) is 3.81. The number of ether oxygens (including phenoxy) is 1. The number of nitrogens with zero attached hydrogens (tertiary/aromatic N) is 1. The molecule has 0 saturated heterocycles. The predicted molar refractivity (Wildman–Crippen MR) is 83.9 cm³/mol. The standard InChI is InChI=1S/C15H10Cl2N2O4/c1-7-12(15(21)22-2)9(6-18)14(23-7)19-13(20)8-3-4-10(16)11(17)5-8/h3-5H,1-2H3,(H,19,20). The summed E-state index contributed by atoms with van der Waals surface area (Å²) in [4.78, 5) is 23.9. The molecule has 0 aliphatic heterocycles. The number of methoxy groups -OCH3 is 1. The van der Waals surface area contributed by atoms with Crippen LogP contribution in [0.3, 0.4) is 0 Å². The molecule has 118 valence electrons. The van der Waals surface area contributed by atoms with Crippen LogP contribution in [-0.2, 0) is 4.74 Å². The quantitative estimate of drug-likeness (QED) is 0.847. The van der Waals surface area contributed by atoms with Crippen molar-refractivity contribution in [3.63, 3.8) is 0 Å². The zero-order chi connectivity index (χ0) is 17.1. The Labute approximate surface area is 141 Å². The van der Waals surface area contributed by atoms with Crippen molar-refractivity contribution in [1.29, 1.82) is 5.26 Å². The zero-order valence-corrected chi connectivity index (χ0v) is 13.6. The van der Waals surface area contributed by atoms with Crippen LogP contribution >= 0.6 is 23.2 Å². The summed E-state index contributed by atoms with van der Waals surface area (Å²) in [6, 6.07) is 6.13. The van der Waals surface area contributed by atoms with Crippen LogP contribution in [0.4, 0.5) is 5.88 Å². The first kappa shape index (κ1) is 16.9. The molecule has 0 aliphatic rings. The Hall–Kier alpha value is -2.49. The van der Waals surface area contributed by atoms with Crippen LogP contribution in [0.1, 0.15) is 32.0 Å². The van der Waals surface area contributed by atoms with Crippen molar-refractivity contribution < 1.29 is 18.7 Å². The lowest BCUT2D eigenvalue weighted by atomic mass is 10.1. The Balaban J connectivity index is 2.37. The van der Waals surface area contributed by atoms with E-state index in [4.69, 9.17) is 27.6 Å². The average Bonchev–Trinajstić information content (AvgIpc) is 2.84. The first-order chi connectivity index (χ1) is 10.9. The van der Waals surface area contributed by atoms with Crippen LogP contribution in [0, 0.1) is 18.3 Å². The van der Waals surface area contributed by atoms with Crippen LogP contribution in [0.2, 0.25) is 10.0 Å². The van der Waals surface area contributed by atoms with E-state index in [1.807, 2.05) is 6.07 Å². The largest absolute Gasteiger partial charge is 0.465 e. The van der Waals surface area contributed by atoms with E-state index in [-0.39, 0.29) is 33.4 Å². The molecule has 0 unspecified atom stereocenters. The SMILES string of the molecule is COC(=O)c1c(C)oc(NC(=O)c2ccc(Cl)c(Cl)c2)c1C#N. The number of nitrogens with one attached hydrogen (secondary N) is 1. The van der Waals surface area contributed by atoms with Crippen LogP contribution < -0.4 is 5.32 Å². The molecule has 2 aromatic rings. The number of benzene rings is 1. The van der Waals surface area contributed by atoms with Crippen LogP contribution in [0.25, 0.3) is 0 Å². The van der Waals surface area contributed by atoms with Crippen molar-refractivity contribution >= 4 is 41.0 Å². The fourth-order valence-electron chi connectivity index (χ4n) is 1.90. The molecule has 2 rings (SSSR count). The molecule has 1 heterocycles. The van der Waals surface area contributed by atoms with Gasteiger partial charge in [-0.1, -0.05) is 23.2 Å². The van der Waals surface area contributed by atoms with Gasteiger partial charge in [0.1, 0.15) is 23.0 Å². The first-order valence-corrected chi connectivity index (χ1v) is 7.02. The van der Waals surface area contributed by atoms with Crippen molar-refractivity contribution in [2.45, 2.75) is 6.92 Å². The van der Waals surface area contributed by atoms with Crippen molar-refractivity contribution in [1.82, 2.24) is 0 Å². The van der Waals surface area contributed by atoms with Gasteiger partial charge in [-0.3, -0.25) is 10.1 Å². The zero-order valence-electron chi connectivity index (χ0n) is 12.1. The summed E-state index contributed by atoms with van der Waals surface area (Å²) in [6.45, 7) is 1.49. The highest BCUT2D eigenvalue weighted by atomic mass is 35.5. The van der Waals surface area contributed by atoms with Gasteiger partial charge in [-0.05, 0) is 25.1 Å². The minimum absolute atomic E-state index is 0.0283. The first-order valence-electron chi connectivity index (χ1n) is 6.27. The number of rotatable bonds is 3. The summed E-state index contributed by atoms with van der Waals surface area (Å²) in [5.41, 5.74) is 0.0826. The summed E-state index contributed by atoms with van der Waals surface area (Å²) in [5.74, 6) is -1.26. The number of furan rings is 1. The van der Waals surface area contributed by atoms with Gasteiger partial charge >= 0.3 is 5.97 Å². The molecule has 1 aromatic heterocycles. The van der Waals surface area contributed by atoms with E-state index in [9.17, 15) is 14.9 Å². The van der Waals surface area contributed by atoms with E-state index in [1.54, 1.807) is 0 Å². The number of hydrogen-bond acceptors (Lipinski definition) is 5. The third-order valence-electron chi connectivity index (χ3n) is 2.99. The molecule has 1 aromatic carbocycles. The van der Waals surface area contributed by atoms with E-state index < -0.39 is 11.9 Å².